The third kappa shape index (κ3) is 5.62. The highest BCUT2D eigenvalue weighted by atomic mass is 14.5. The molecule has 0 fully saturated rings. The Hall–Kier alpha value is -7.02. The van der Waals surface area contributed by atoms with Crippen molar-refractivity contribution in [2.45, 2.75) is 12.3 Å². The Bertz CT molecular complexity index is 2720. The van der Waals surface area contributed by atoms with Gasteiger partial charge >= 0.3 is 0 Å². The zero-order chi connectivity index (χ0) is 37.5. The third-order valence-corrected chi connectivity index (χ3v) is 11.7. The van der Waals surface area contributed by atoms with Crippen molar-refractivity contribution in [2.75, 3.05) is 0 Å². The quantitative estimate of drug-likeness (QED) is 0.154. The fourth-order valence-corrected chi connectivity index (χ4v) is 9.12. The molecular formula is C56H40. The van der Waals surface area contributed by atoms with Gasteiger partial charge in [-0.2, -0.15) is 0 Å². The summed E-state index contributed by atoms with van der Waals surface area (Å²) >= 11 is 0. The molecule has 0 saturated carbocycles. The molecule has 0 N–H and O–H groups in total. The summed E-state index contributed by atoms with van der Waals surface area (Å²) in [6.45, 7) is 2.28. The second kappa shape index (κ2) is 14.0. The maximum Gasteiger partial charge on any atom is 0.0714 e. The van der Waals surface area contributed by atoms with Gasteiger partial charge in [0.15, 0.2) is 0 Å². The van der Waals surface area contributed by atoms with Gasteiger partial charge in [0.1, 0.15) is 0 Å². The lowest BCUT2D eigenvalue weighted by Crippen LogP contribution is -2.28. The lowest BCUT2D eigenvalue weighted by Gasteiger charge is -2.35. The fourth-order valence-electron chi connectivity index (χ4n) is 9.12. The van der Waals surface area contributed by atoms with E-state index < -0.39 is 5.41 Å². The molecule has 56 heavy (non-hydrogen) atoms. The van der Waals surface area contributed by atoms with E-state index in [9.17, 15) is 0 Å². The first kappa shape index (κ1) is 33.5. The smallest absolute Gasteiger partial charge is 0.0622 e. The van der Waals surface area contributed by atoms with E-state index in [4.69, 9.17) is 0 Å². The van der Waals surface area contributed by atoms with Crippen LogP contribution >= 0.6 is 0 Å². The topological polar surface area (TPSA) is 0 Å². The third-order valence-electron chi connectivity index (χ3n) is 11.7. The van der Waals surface area contributed by atoms with Crippen LogP contribution in [0.15, 0.2) is 224 Å². The van der Waals surface area contributed by atoms with Crippen molar-refractivity contribution in [3.05, 3.63) is 252 Å². The Morgan fingerprint density at radius 2 is 0.625 bits per heavy atom. The van der Waals surface area contributed by atoms with Crippen molar-refractivity contribution < 1.29 is 0 Å². The lowest BCUT2D eigenvalue weighted by atomic mass is 9.66. The fraction of sp³-hybridized carbons (Fsp3) is 0.0357. The summed E-state index contributed by atoms with van der Waals surface area (Å²) in [6.07, 6.45) is 0. The Balaban J connectivity index is 1.24. The highest BCUT2D eigenvalue weighted by molar-refractivity contribution is 5.97. The maximum absolute atomic E-state index is 2.45. The summed E-state index contributed by atoms with van der Waals surface area (Å²) in [5.74, 6) is 0. The van der Waals surface area contributed by atoms with Gasteiger partial charge in [0.2, 0.25) is 0 Å². The molecule has 0 atom stereocenters. The van der Waals surface area contributed by atoms with Crippen LogP contribution in [-0.4, -0.2) is 0 Å². The van der Waals surface area contributed by atoms with Gasteiger partial charge in [-0.3, -0.25) is 0 Å². The Labute approximate surface area is 330 Å². The van der Waals surface area contributed by atoms with Crippen molar-refractivity contribution in [1.82, 2.24) is 0 Å². The minimum atomic E-state index is -0.582. The molecule has 264 valence electrons. The first-order chi connectivity index (χ1) is 27.7. The molecule has 0 heterocycles. The molecule has 0 aliphatic heterocycles. The van der Waals surface area contributed by atoms with E-state index in [0.29, 0.717) is 0 Å². The molecule has 0 heteroatoms. The number of hydrogen-bond donors (Lipinski definition) is 0. The molecule has 9 aromatic carbocycles. The molecule has 0 nitrogen and oxygen atoms in total. The minimum absolute atomic E-state index is 0.582. The largest absolute Gasteiger partial charge is 0.0714 e. The van der Waals surface area contributed by atoms with Gasteiger partial charge in [-0.25, -0.2) is 0 Å². The molecule has 1 aliphatic carbocycles. The number of hydrogen-bond acceptors (Lipinski definition) is 0. The van der Waals surface area contributed by atoms with Gasteiger partial charge in [0.05, 0.1) is 5.41 Å². The number of rotatable bonds is 7. The van der Waals surface area contributed by atoms with Gasteiger partial charge in [-0.1, -0.05) is 200 Å². The van der Waals surface area contributed by atoms with E-state index in [-0.39, 0.29) is 0 Å². The molecule has 0 radical (unpaired) electrons. The van der Waals surface area contributed by atoms with Crippen LogP contribution in [0.4, 0.5) is 0 Å². The van der Waals surface area contributed by atoms with Crippen LogP contribution in [-0.2, 0) is 5.41 Å². The molecule has 9 aromatic rings. The summed E-state index contributed by atoms with van der Waals surface area (Å²) in [5.41, 5.74) is 20.7. The normalized spacial score (nSPS) is 12.5. The molecule has 0 bridgehead atoms. The van der Waals surface area contributed by atoms with Crippen molar-refractivity contribution in [2.24, 2.45) is 0 Å². The average Bonchev–Trinajstić information content (AvgIpc) is 3.60. The van der Waals surface area contributed by atoms with E-state index >= 15 is 0 Å². The molecular weight excluding hydrogens is 673 g/mol. The summed E-state index contributed by atoms with van der Waals surface area (Å²) in [6, 6.07) is 82.6. The van der Waals surface area contributed by atoms with Crippen LogP contribution in [0.2, 0.25) is 0 Å². The highest BCUT2D eigenvalue weighted by Gasteiger charge is 2.47. The van der Waals surface area contributed by atoms with Crippen LogP contribution < -0.4 is 0 Å². The minimum Gasteiger partial charge on any atom is -0.0622 e. The Morgan fingerprint density at radius 1 is 0.268 bits per heavy atom. The number of fused-ring (bicyclic) bond motifs is 3. The Morgan fingerprint density at radius 3 is 1.12 bits per heavy atom. The predicted molar refractivity (Wildman–Crippen MR) is 236 cm³/mol. The van der Waals surface area contributed by atoms with E-state index in [2.05, 4.69) is 231 Å². The van der Waals surface area contributed by atoms with Crippen LogP contribution in [0.5, 0.6) is 0 Å². The first-order valence-corrected chi connectivity index (χ1v) is 19.5. The molecule has 0 spiro atoms. The van der Waals surface area contributed by atoms with Crippen LogP contribution in [0, 0.1) is 6.92 Å². The zero-order valence-corrected chi connectivity index (χ0v) is 31.4. The number of benzene rings is 9. The number of aryl methyl sites for hydroxylation is 1. The maximum atomic E-state index is 2.45. The summed E-state index contributed by atoms with van der Waals surface area (Å²) in [5, 5.41) is 0. The zero-order valence-electron chi connectivity index (χ0n) is 31.4. The monoisotopic (exact) mass is 712 g/mol. The van der Waals surface area contributed by atoms with E-state index in [1.54, 1.807) is 0 Å². The average molecular weight is 713 g/mol. The SMILES string of the molecule is Cc1cccc2c1-c1c(-c3ccccc3)cccc1C2(c1cccc(-c2cccc(-c3ccccc3)c2)c1)c1cccc(-c2cccc(-c3ccccc3)c2)c1. The van der Waals surface area contributed by atoms with E-state index in [1.807, 2.05) is 0 Å². The first-order valence-electron chi connectivity index (χ1n) is 19.5. The molecule has 0 aromatic heterocycles. The van der Waals surface area contributed by atoms with Crippen LogP contribution in [0.3, 0.4) is 0 Å². The highest BCUT2D eigenvalue weighted by Crippen LogP contribution is 2.59. The summed E-state index contributed by atoms with van der Waals surface area (Å²) < 4.78 is 0. The Kier molecular flexibility index (Phi) is 8.38. The van der Waals surface area contributed by atoms with Crippen molar-refractivity contribution in [3.8, 4) is 66.8 Å². The van der Waals surface area contributed by atoms with E-state index in [0.717, 1.165) is 0 Å². The molecule has 1 aliphatic rings. The van der Waals surface area contributed by atoms with Crippen molar-refractivity contribution >= 4 is 0 Å². The van der Waals surface area contributed by atoms with Gasteiger partial charge in [0.25, 0.3) is 0 Å². The molecule has 0 saturated heterocycles. The summed E-state index contributed by atoms with van der Waals surface area (Å²) in [4.78, 5) is 0. The van der Waals surface area contributed by atoms with E-state index in [1.165, 1.54) is 94.6 Å². The van der Waals surface area contributed by atoms with Gasteiger partial charge in [-0.15, -0.1) is 0 Å². The van der Waals surface area contributed by atoms with Crippen LogP contribution in [0.1, 0.15) is 27.8 Å². The second-order valence-corrected chi connectivity index (χ2v) is 14.9. The summed E-state index contributed by atoms with van der Waals surface area (Å²) in [7, 11) is 0. The molecule has 10 rings (SSSR count). The van der Waals surface area contributed by atoms with Gasteiger partial charge in [0, 0.05) is 0 Å². The standard InChI is InChI=1S/C56H40/c1-39-17-11-33-52-54(39)55-51(42-22-9-4-10-23-42)32-16-34-53(55)56(52,49-30-14-28-47(37-49)45-26-12-24-43(35-45)40-18-5-2-6-19-40)50-31-15-29-48(38-50)46-27-13-25-44(36-46)41-20-7-3-8-21-41/h2-38H,1H3. The molecule has 0 amide bonds. The molecule has 0 unspecified atom stereocenters. The lowest BCUT2D eigenvalue weighted by molar-refractivity contribution is 0.769. The van der Waals surface area contributed by atoms with Crippen LogP contribution in [0.25, 0.3) is 66.8 Å². The van der Waals surface area contributed by atoms with Crippen molar-refractivity contribution in [3.63, 3.8) is 0 Å². The van der Waals surface area contributed by atoms with Gasteiger partial charge in [-0.05, 0) is 126 Å². The predicted octanol–water partition coefficient (Wildman–Crippen LogP) is 14.7. The second-order valence-electron chi connectivity index (χ2n) is 14.9. The van der Waals surface area contributed by atoms with Crippen molar-refractivity contribution in [1.29, 1.82) is 0 Å². The van der Waals surface area contributed by atoms with Gasteiger partial charge < -0.3 is 0 Å².